The lowest BCUT2D eigenvalue weighted by Crippen LogP contribution is -2.00. The fourth-order valence-electron chi connectivity index (χ4n) is 1.94. The molecule has 0 radical (unpaired) electrons. The minimum atomic E-state index is 0.765. The standard InChI is InChI=1S/C15H19ClOS/c16-8-2-1-3-9-17-10-6-13-4-5-15-14(12-13)7-11-18-15/h4-5,7,11-12H,1-3,6,8-10H2. The van der Waals surface area contributed by atoms with E-state index in [0.29, 0.717) is 0 Å². The van der Waals surface area contributed by atoms with Crippen molar-refractivity contribution in [1.82, 2.24) is 0 Å². The zero-order valence-corrected chi connectivity index (χ0v) is 12.1. The maximum absolute atomic E-state index is 5.64. The molecule has 0 saturated heterocycles. The molecule has 1 aromatic carbocycles. The average Bonchev–Trinajstić information content (AvgIpc) is 2.85. The van der Waals surface area contributed by atoms with E-state index in [0.717, 1.165) is 38.4 Å². The van der Waals surface area contributed by atoms with E-state index in [9.17, 15) is 0 Å². The van der Waals surface area contributed by atoms with Crippen molar-refractivity contribution in [2.24, 2.45) is 0 Å². The molecule has 0 aliphatic rings. The normalized spacial score (nSPS) is 11.2. The van der Waals surface area contributed by atoms with Gasteiger partial charge in [-0.05, 0) is 54.1 Å². The molecule has 0 fully saturated rings. The third-order valence-electron chi connectivity index (χ3n) is 2.97. The first kappa shape index (κ1) is 13.9. The van der Waals surface area contributed by atoms with E-state index in [1.165, 1.54) is 22.1 Å². The first-order valence-corrected chi connectivity index (χ1v) is 7.91. The Morgan fingerprint density at radius 1 is 1.06 bits per heavy atom. The molecule has 18 heavy (non-hydrogen) atoms. The Morgan fingerprint density at radius 2 is 2.00 bits per heavy atom. The van der Waals surface area contributed by atoms with E-state index in [1.807, 2.05) is 0 Å². The summed E-state index contributed by atoms with van der Waals surface area (Å²) in [6, 6.07) is 8.85. The van der Waals surface area contributed by atoms with Gasteiger partial charge < -0.3 is 4.74 Å². The molecule has 1 aromatic heterocycles. The number of fused-ring (bicyclic) bond motifs is 1. The topological polar surface area (TPSA) is 9.23 Å². The van der Waals surface area contributed by atoms with Crippen molar-refractivity contribution in [2.45, 2.75) is 25.7 Å². The maximum Gasteiger partial charge on any atom is 0.0506 e. The van der Waals surface area contributed by atoms with Crippen molar-refractivity contribution >= 4 is 33.0 Å². The van der Waals surface area contributed by atoms with Gasteiger partial charge in [0.1, 0.15) is 0 Å². The first-order valence-electron chi connectivity index (χ1n) is 6.50. The zero-order valence-electron chi connectivity index (χ0n) is 10.5. The minimum absolute atomic E-state index is 0.765. The molecule has 0 bridgehead atoms. The number of thiophene rings is 1. The maximum atomic E-state index is 5.64. The second-order valence-electron chi connectivity index (χ2n) is 4.40. The van der Waals surface area contributed by atoms with Crippen LogP contribution in [0.1, 0.15) is 24.8 Å². The van der Waals surface area contributed by atoms with Gasteiger partial charge in [0, 0.05) is 17.2 Å². The molecule has 1 heterocycles. The summed E-state index contributed by atoms with van der Waals surface area (Å²) in [4.78, 5) is 0. The Kier molecular flexibility index (Phi) is 5.98. The van der Waals surface area contributed by atoms with Gasteiger partial charge in [-0.2, -0.15) is 0 Å². The molecule has 0 aliphatic carbocycles. The van der Waals surface area contributed by atoms with Gasteiger partial charge >= 0.3 is 0 Å². The van der Waals surface area contributed by atoms with Gasteiger partial charge in [0.25, 0.3) is 0 Å². The predicted molar refractivity (Wildman–Crippen MR) is 80.9 cm³/mol. The summed E-state index contributed by atoms with van der Waals surface area (Å²) in [5.41, 5.74) is 1.36. The molecule has 1 nitrogen and oxygen atoms in total. The average molecular weight is 283 g/mol. The van der Waals surface area contributed by atoms with E-state index in [4.69, 9.17) is 16.3 Å². The van der Waals surface area contributed by atoms with Gasteiger partial charge in [-0.3, -0.25) is 0 Å². The molecule has 2 rings (SSSR count). The summed E-state index contributed by atoms with van der Waals surface area (Å²) >= 11 is 7.41. The van der Waals surface area contributed by atoms with Crippen molar-refractivity contribution in [2.75, 3.05) is 19.1 Å². The van der Waals surface area contributed by atoms with E-state index >= 15 is 0 Å². The SMILES string of the molecule is ClCCCCCOCCc1ccc2sccc2c1. The number of hydrogen-bond acceptors (Lipinski definition) is 2. The van der Waals surface area contributed by atoms with Crippen molar-refractivity contribution in [1.29, 1.82) is 0 Å². The second-order valence-corrected chi connectivity index (χ2v) is 5.73. The third kappa shape index (κ3) is 4.27. The molecule has 0 atom stereocenters. The third-order valence-corrected chi connectivity index (χ3v) is 4.14. The molecule has 0 aliphatic heterocycles. The van der Waals surface area contributed by atoms with E-state index in [2.05, 4.69) is 29.6 Å². The largest absolute Gasteiger partial charge is 0.381 e. The Labute approximate surface area is 118 Å². The summed E-state index contributed by atoms with van der Waals surface area (Å²) in [5.74, 6) is 0.765. The lowest BCUT2D eigenvalue weighted by Gasteiger charge is -2.04. The monoisotopic (exact) mass is 282 g/mol. The van der Waals surface area contributed by atoms with Crippen molar-refractivity contribution < 1.29 is 4.74 Å². The Hall–Kier alpha value is -0.570. The molecule has 0 unspecified atom stereocenters. The quantitative estimate of drug-likeness (QED) is 0.496. The first-order chi connectivity index (χ1) is 8.90. The number of benzene rings is 1. The van der Waals surface area contributed by atoms with Gasteiger partial charge in [0.05, 0.1) is 6.61 Å². The van der Waals surface area contributed by atoms with Crippen LogP contribution in [0.4, 0.5) is 0 Å². The molecule has 0 amide bonds. The molecular weight excluding hydrogens is 264 g/mol. The Balaban J connectivity index is 1.67. The van der Waals surface area contributed by atoms with E-state index < -0.39 is 0 Å². The summed E-state index contributed by atoms with van der Waals surface area (Å²) in [6.45, 7) is 1.67. The number of ether oxygens (including phenoxy) is 1. The van der Waals surface area contributed by atoms with Crippen molar-refractivity contribution in [3.63, 3.8) is 0 Å². The van der Waals surface area contributed by atoms with Crippen LogP contribution in [-0.2, 0) is 11.2 Å². The van der Waals surface area contributed by atoms with E-state index in [1.54, 1.807) is 11.3 Å². The van der Waals surface area contributed by atoms with Crippen LogP contribution in [0.2, 0.25) is 0 Å². The highest BCUT2D eigenvalue weighted by Gasteiger charge is 1.98. The van der Waals surface area contributed by atoms with Gasteiger partial charge in [0.2, 0.25) is 0 Å². The molecule has 98 valence electrons. The number of halogens is 1. The number of hydrogen-bond donors (Lipinski definition) is 0. The summed E-state index contributed by atoms with van der Waals surface area (Å²) in [6.07, 6.45) is 4.39. The van der Waals surface area contributed by atoms with Gasteiger partial charge in [-0.1, -0.05) is 12.1 Å². The fourth-order valence-corrected chi connectivity index (χ4v) is 2.90. The number of unbranched alkanes of at least 4 members (excludes halogenated alkanes) is 2. The van der Waals surface area contributed by atoms with Gasteiger partial charge in [0.15, 0.2) is 0 Å². The smallest absolute Gasteiger partial charge is 0.0506 e. The van der Waals surface area contributed by atoms with Crippen LogP contribution < -0.4 is 0 Å². The molecule has 3 heteroatoms. The second kappa shape index (κ2) is 7.78. The molecular formula is C15H19ClOS. The van der Waals surface area contributed by atoms with Crippen LogP contribution in [-0.4, -0.2) is 19.1 Å². The van der Waals surface area contributed by atoms with Crippen LogP contribution in [0.25, 0.3) is 10.1 Å². The number of rotatable bonds is 8. The summed E-state index contributed by atoms with van der Waals surface area (Å²) < 4.78 is 7.00. The molecule has 2 aromatic rings. The van der Waals surface area contributed by atoms with Crippen LogP contribution in [0.3, 0.4) is 0 Å². The lowest BCUT2D eigenvalue weighted by atomic mass is 10.1. The van der Waals surface area contributed by atoms with Crippen LogP contribution in [0.15, 0.2) is 29.6 Å². The van der Waals surface area contributed by atoms with Gasteiger partial charge in [-0.15, -0.1) is 22.9 Å². The Bertz CT molecular complexity index is 466. The fraction of sp³-hybridized carbons (Fsp3) is 0.467. The van der Waals surface area contributed by atoms with Crippen LogP contribution >= 0.6 is 22.9 Å². The van der Waals surface area contributed by atoms with Crippen molar-refractivity contribution in [3.05, 3.63) is 35.2 Å². The summed E-state index contributed by atoms with van der Waals surface area (Å²) in [5, 5.41) is 3.49. The van der Waals surface area contributed by atoms with Crippen molar-refractivity contribution in [3.8, 4) is 0 Å². The highest BCUT2D eigenvalue weighted by Crippen LogP contribution is 2.21. The van der Waals surface area contributed by atoms with Crippen LogP contribution in [0, 0.1) is 0 Å². The van der Waals surface area contributed by atoms with E-state index in [-0.39, 0.29) is 0 Å². The highest BCUT2D eigenvalue weighted by molar-refractivity contribution is 7.17. The lowest BCUT2D eigenvalue weighted by molar-refractivity contribution is 0.133. The highest BCUT2D eigenvalue weighted by atomic mass is 35.5. The minimum Gasteiger partial charge on any atom is -0.381 e. The predicted octanol–water partition coefficient (Wildman–Crippen LogP) is 4.87. The number of alkyl halides is 1. The Morgan fingerprint density at radius 3 is 2.89 bits per heavy atom. The van der Waals surface area contributed by atoms with Gasteiger partial charge in [-0.25, -0.2) is 0 Å². The zero-order chi connectivity index (χ0) is 12.6. The summed E-state index contributed by atoms with van der Waals surface area (Å²) in [7, 11) is 0. The molecule has 0 saturated carbocycles. The van der Waals surface area contributed by atoms with Crippen LogP contribution in [0.5, 0.6) is 0 Å². The molecule has 0 spiro atoms. The molecule has 0 N–H and O–H groups in total.